The number of amides is 2. The van der Waals surface area contributed by atoms with Gasteiger partial charge in [-0.1, -0.05) is 30.3 Å². The average Bonchev–Trinajstić information content (AvgIpc) is 2.72. The highest BCUT2D eigenvalue weighted by Crippen LogP contribution is 2.23. The summed E-state index contributed by atoms with van der Waals surface area (Å²) in [6.07, 6.45) is 0. The number of methoxy groups -OCH3 is 1. The maximum Gasteiger partial charge on any atom is 0.238 e. The molecule has 2 amide bonds. The van der Waals surface area contributed by atoms with Crippen molar-refractivity contribution in [3.05, 3.63) is 53.6 Å². The summed E-state index contributed by atoms with van der Waals surface area (Å²) in [5, 5.41) is 5.94. The molecular weight excluding hydrogens is 380 g/mol. The van der Waals surface area contributed by atoms with Crippen molar-refractivity contribution < 1.29 is 14.3 Å². The minimum atomic E-state index is -0.0688. The molecule has 0 radical (unpaired) electrons. The highest BCUT2D eigenvalue weighted by Gasteiger charge is 2.21. The van der Waals surface area contributed by atoms with E-state index in [4.69, 9.17) is 4.74 Å². The smallest absolute Gasteiger partial charge is 0.238 e. The van der Waals surface area contributed by atoms with Gasteiger partial charge in [0.25, 0.3) is 0 Å². The van der Waals surface area contributed by atoms with Crippen LogP contribution in [0.5, 0.6) is 5.75 Å². The van der Waals surface area contributed by atoms with Crippen molar-refractivity contribution in [3.8, 4) is 5.75 Å². The van der Waals surface area contributed by atoms with Gasteiger partial charge < -0.3 is 15.4 Å². The number of aryl methyl sites for hydroxylation is 2. The monoisotopic (exact) mass is 410 g/mol. The maximum absolute atomic E-state index is 12.5. The van der Waals surface area contributed by atoms with Gasteiger partial charge in [-0.2, -0.15) is 0 Å². The van der Waals surface area contributed by atoms with Gasteiger partial charge in [0.15, 0.2) is 0 Å². The zero-order valence-electron chi connectivity index (χ0n) is 17.9. The second-order valence-corrected chi connectivity index (χ2v) is 7.62. The topological polar surface area (TPSA) is 73.9 Å². The molecule has 7 heteroatoms. The van der Waals surface area contributed by atoms with Gasteiger partial charge in [-0.3, -0.25) is 19.4 Å². The summed E-state index contributed by atoms with van der Waals surface area (Å²) in [4.78, 5) is 29.1. The van der Waals surface area contributed by atoms with E-state index in [-0.39, 0.29) is 11.8 Å². The summed E-state index contributed by atoms with van der Waals surface area (Å²) in [5.74, 6) is 0.570. The lowest BCUT2D eigenvalue weighted by Crippen LogP contribution is -2.50. The molecule has 7 nitrogen and oxygen atoms in total. The van der Waals surface area contributed by atoms with Crippen LogP contribution < -0.4 is 15.4 Å². The van der Waals surface area contributed by atoms with E-state index in [1.54, 1.807) is 7.11 Å². The maximum atomic E-state index is 12.5. The number of carbonyl (C=O) groups is 2. The molecule has 160 valence electrons. The summed E-state index contributed by atoms with van der Waals surface area (Å²) in [6.45, 7) is 7.67. The number of hydrogen-bond acceptors (Lipinski definition) is 5. The predicted molar refractivity (Wildman–Crippen MR) is 119 cm³/mol. The van der Waals surface area contributed by atoms with E-state index in [0.717, 1.165) is 43.0 Å². The lowest BCUT2D eigenvalue weighted by Gasteiger charge is -2.33. The van der Waals surface area contributed by atoms with Crippen molar-refractivity contribution in [2.75, 3.05) is 57.0 Å². The van der Waals surface area contributed by atoms with E-state index in [1.165, 1.54) is 0 Å². The number of benzene rings is 2. The van der Waals surface area contributed by atoms with Crippen LogP contribution in [0.4, 0.5) is 11.4 Å². The first-order chi connectivity index (χ1) is 14.5. The Morgan fingerprint density at radius 1 is 0.833 bits per heavy atom. The molecule has 0 saturated carbocycles. The van der Waals surface area contributed by atoms with E-state index in [0.29, 0.717) is 24.5 Å². The molecule has 1 fully saturated rings. The second-order valence-electron chi connectivity index (χ2n) is 7.62. The summed E-state index contributed by atoms with van der Waals surface area (Å²) >= 11 is 0. The van der Waals surface area contributed by atoms with Crippen molar-refractivity contribution in [1.29, 1.82) is 0 Å². The largest absolute Gasteiger partial charge is 0.495 e. The van der Waals surface area contributed by atoms with Gasteiger partial charge in [-0.05, 0) is 37.1 Å². The fourth-order valence-electron chi connectivity index (χ4n) is 3.64. The van der Waals surface area contributed by atoms with Crippen LogP contribution in [-0.2, 0) is 9.59 Å². The van der Waals surface area contributed by atoms with Crippen molar-refractivity contribution in [2.45, 2.75) is 13.8 Å². The third-order valence-electron chi connectivity index (χ3n) is 5.33. The summed E-state index contributed by atoms with van der Waals surface area (Å²) in [6, 6.07) is 13.4. The predicted octanol–water partition coefficient (Wildman–Crippen LogP) is 2.51. The number of ether oxygens (including phenoxy) is 1. The molecule has 30 heavy (non-hydrogen) atoms. The van der Waals surface area contributed by atoms with Crippen LogP contribution in [0.3, 0.4) is 0 Å². The van der Waals surface area contributed by atoms with E-state index in [9.17, 15) is 9.59 Å². The van der Waals surface area contributed by atoms with E-state index < -0.39 is 0 Å². The van der Waals surface area contributed by atoms with Crippen molar-refractivity contribution in [1.82, 2.24) is 9.80 Å². The lowest BCUT2D eigenvalue weighted by atomic mass is 10.1. The van der Waals surface area contributed by atoms with Gasteiger partial charge in [0, 0.05) is 31.9 Å². The number of para-hydroxylation sites is 3. The molecule has 2 N–H and O–H groups in total. The number of nitrogens with zero attached hydrogens (tertiary/aromatic N) is 2. The molecule has 1 aliphatic heterocycles. The molecule has 0 bridgehead atoms. The SMILES string of the molecule is COc1ccccc1NC(=O)CN1CCN(CC(=O)Nc2c(C)cccc2C)CC1. The normalized spacial score (nSPS) is 14.9. The molecule has 0 aliphatic carbocycles. The fraction of sp³-hybridized carbons (Fsp3) is 0.391. The molecule has 0 aromatic heterocycles. The molecule has 0 spiro atoms. The van der Waals surface area contributed by atoms with Crippen LogP contribution in [0.2, 0.25) is 0 Å². The third-order valence-corrected chi connectivity index (χ3v) is 5.33. The van der Waals surface area contributed by atoms with Gasteiger partial charge in [-0.25, -0.2) is 0 Å². The Hall–Kier alpha value is -2.90. The Labute approximate surface area is 178 Å². The Morgan fingerprint density at radius 2 is 1.37 bits per heavy atom. The Morgan fingerprint density at radius 3 is 1.93 bits per heavy atom. The number of hydrogen-bond donors (Lipinski definition) is 2. The highest BCUT2D eigenvalue weighted by atomic mass is 16.5. The Bertz CT molecular complexity index is 872. The quantitative estimate of drug-likeness (QED) is 0.734. The van der Waals surface area contributed by atoms with E-state index >= 15 is 0 Å². The highest BCUT2D eigenvalue weighted by molar-refractivity contribution is 5.94. The minimum absolute atomic E-state index is 0.00485. The van der Waals surface area contributed by atoms with Gasteiger partial charge in [-0.15, -0.1) is 0 Å². The summed E-state index contributed by atoms with van der Waals surface area (Å²) < 4.78 is 5.27. The van der Waals surface area contributed by atoms with Crippen LogP contribution >= 0.6 is 0 Å². The van der Waals surface area contributed by atoms with Crippen LogP contribution in [0.15, 0.2) is 42.5 Å². The number of carbonyl (C=O) groups excluding carboxylic acids is 2. The molecule has 1 heterocycles. The Kier molecular flexibility index (Phi) is 7.43. The molecule has 2 aromatic carbocycles. The standard InChI is InChI=1S/C23H30N4O3/c1-17-7-6-8-18(2)23(17)25-22(29)16-27-13-11-26(12-14-27)15-21(28)24-19-9-4-5-10-20(19)30-3/h4-10H,11-16H2,1-3H3,(H,24,28)(H,25,29). The zero-order valence-corrected chi connectivity index (χ0v) is 17.9. The van der Waals surface area contributed by atoms with Crippen molar-refractivity contribution in [3.63, 3.8) is 0 Å². The fourth-order valence-corrected chi connectivity index (χ4v) is 3.64. The number of nitrogens with one attached hydrogen (secondary N) is 2. The molecule has 0 atom stereocenters. The molecule has 0 unspecified atom stereocenters. The van der Waals surface area contributed by atoms with Gasteiger partial charge in [0.05, 0.1) is 25.9 Å². The van der Waals surface area contributed by atoms with E-state index in [1.807, 2.05) is 56.3 Å². The average molecular weight is 411 g/mol. The van der Waals surface area contributed by atoms with Crippen LogP contribution in [0.1, 0.15) is 11.1 Å². The van der Waals surface area contributed by atoms with Gasteiger partial charge in [0.1, 0.15) is 5.75 Å². The first-order valence-electron chi connectivity index (χ1n) is 10.2. The summed E-state index contributed by atoms with van der Waals surface area (Å²) in [5.41, 5.74) is 3.70. The van der Waals surface area contributed by atoms with Crippen molar-refractivity contribution in [2.24, 2.45) is 0 Å². The molecule has 2 aromatic rings. The molecule has 3 rings (SSSR count). The molecule has 1 aliphatic rings. The van der Waals surface area contributed by atoms with E-state index in [2.05, 4.69) is 20.4 Å². The van der Waals surface area contributed by atoms with Gasteiger partial charge in [0.2, 0.25) is 11.8 Å². The van der Waals surface area contributed by atoms with Crippen molar-refractivity contribution >= 4 is 23.2 Å². The van der Waals surface area contributed by atoms with Crippen LogP contribution in [-0.4, -0.2) is 68.0 Å². The molecular formula is C23H30N4O3. The second kappa shape index (κ2) is 10.2. The minimum Gasteiger partial charge on any atom is -0.495 e. The first kappa shape index (κ1) is 21.8. The zero-order chi connectivity index (χ0) is 21.5. The Balaban J connectivity index is 1.43. The third kappa shape index (κ3) is 5.81. The van der Waals surface area contributed by atoms with Gasteiger partial charge >= 0.3 is 0 Å². The first-order valence-corrected chi connectivity index (χ1v) is 10.2. The lowest BCUT2D eigenvalue weighted by molar-refractivity contribution is -0.120. The number of rotatable bonds is 7. The number of piperazine rings is 1. The number of anilines is 2. The summed E-state index contributed by atoms with van der Waals surface area (Å²) in [7, 11) is 1.58. The van der Waals surface area contributed by atoms with Crippen LogP contribution in [0.25, 0.3) is 0 Å². The van der Waals surface area contributed by atoms with Crippen LogP contribution in [0, 0.1) is 13.8 Å². The molecule has 1 saturated heterocycles.